The van der Waals surface area contributed by atoms with Crippen LogP contribution in [0.5, 0.6) is 0 Å². The topological polar surface area (TPSA) is 56.7 Å². The Bertz CT molecular complexity index is 3380. The van der Waals surface area contributed by atoms with Crippen LogP contribution < -0.4 is 0 Å². The van der Waals surface area contributed by atoms with Crippen molar-refractivity contribution in [2.24, 2.45) is 0 Å². The molecule has 0 radical (unpaired) electrons. The predicted molar refractivity (Wildman–Crippen MR) is 223 cm³/mol. The van der Waals surface area contributed by atoms with Crippen LogP contribution in [0.15, 0.2) is 150 Å². The van der Waals surface area contributed by atoms with E-state index in [1.165, 1.54) is 48.5 Å². The number of furan rings is 1. The minimum atomic E-state index is -0.116. The van der Waals surface area contributed by atoms with Gasteiger partial charge < -0.3 is 4.42 Å². The van der Waals surface area contributed by atoms with E-state index < -0.39 is 0 Å². The molecule has 11 aromatic rings. The highest BCUT2D eigenvalue weighted by Gasteiger charge is 2.36. The molecule has 0 spiro atoms. The van der Waals surface area contributed by atoms with Crippen molar-refractivity contribution in [3.05, 3.63) is 157 Å². The molecule has 12 rings (SSSR count). The van der Waals surface area contributed by atoms with Gasteiger partial charge >= 0.3 is 0 Å². The fourth-order valence-electron chi connectivity index (χ4n) is 8.88. The standard InChI is InChI=1S/C48H30N4OS/c1-48(2)37-18-7-3-12-28(37)35-26-40-36(25-38(35)48)29-13-4-8-19-39(29)52(40)47-50-45(27-22-23-31-30-14-5-9-20-41(30)53-42(31)24-27)49-46(51-47)34-17-11-16-33-32-15-6-10-21-43(32)54-44(33)34/h3-26H,1-2H3. The first-order valence-electron chi connectivity index (χ1n) is 18.3. The Morgan fingerprint density at radius 2 is 1.22 bits per heavy atom. The fourth-order valence-corrected chi connectivity index (χ4v) is 10.1. The van der Waals surface area contributed by atoms with Crippen LogP contribution in [0, 0.1) is 0 Å². The lowest BCUT2D eigenvalue weighted by Crippen LogP contribution is -2.14. The first kappa shape index (κ1) is 29.9. The number of hydrogen-bond acceptors (Lipinski definition) is 5. The lowest BCUT2D eigenvalue weighted by molar-refractivity contribution is 0.661. The lowest BCUT2D eigenvalue weighted by Gasteiger charge is -2.21. The molecule has 0 saturated carbocycles. The summed E-state index contributed by atoms with van der Waals surface area (Å²) < 4.78 is 11.0. The number of thiophene rings is 1. The molecule has 1 aliphatic carbocycles. The quantitative estimate of drug-likeness (QED) is 0.183. The average molecular weight is 711 g/mol. The highest BCUT2D eigenvalue weighted by molar-refractivity contribution is 7.26. The number of rotatable bonds is 3. The maximum atomic E-state index is 6.35. The summed E-state index contributed by atoms with van der Waals surface area (Å²) in [5.74, 6) is 1.80. The number of para-hydroxylation sites is 2. The van der Waals surface area contributed by atoms with Gasteiger partial charge in [0.05, 0.1) is 11.0 Å². The summed E-state index contributed by atoms with van der Waals surface area (Å²) >= 11 is 1.78. The zero-order chi connectivity index (χ0) is 35.7. The minimum absolute atomic E-state index is 0.116. The monoisotopic (exact) mass is 710 g/mol. The van der Waals surface area contributed by atoms with Gasteiger partial charge in [0.15, 0.2) is 11.6 Å². The van der Waals surface area contributed by atoms with Crippen LogP contribution in [-0.2, 0) is 5.41 Å². The van der Waals surface area contributed by atoms with Crippen LogP contribution in [-0.4, -0.2) is 19.5 Å². The van der Waals surface area contributed by atoms with Gasteiger partial charge in [-0.25, -0.2) is 4.98 Å². The summed E-state index contributed by atoms with van der Waals surface area (Å²) in [5.41, 5.74) is 10.8. The van der Waals surface area contributed by atoms with Gasteiger partial charge in [0.25, 0.3) is 0 Å². The normalized spacial score (nSPS) is 13.5. The molecule has 0 fully saturated rings. The van der Waals surface area contributed by atoms with Gasteiger partial charge in [0.2, 0.25) is 5.95 Å². The summed E-state index contributed by atoms with van der Waals surface area (Å²) in [6.45, 7) is 4.67. The Morgan fingerprint density at radius 1 is 0.500 bits per heavy atom. The van der Waals surface area contributed by atoms with Crippen LogP contribution in [0.1, 0.15) is 25.0 Å². The Kier molecular flexibility index (Phi) is 5.93. The van der Waals surface area contributed by atoms with Gasteiger partial charge in [-0.15, -0.1) is 11.3 Å². The SMILES string of the molecule is CC1(C)c2ccccc2-c2cc3c(cc21)c1ccccc1n3-c1nc(-c2ccc3c(c2)oc2ccccc23)nc(-c2cccc3c2sc2ccccc23)n1. The summed E-state index contributed by atoms with van der Waals surface area (Å²) in [7, 11) is 0. The first-order valence-corrected chi connectivity index (χ1v) is 19.1. The second-order valence-corrected chi connectivity index (χ2v) is 15.9. The molecule has 0 bridgehead atoms. The smallest absolute Gasteiger partial charge is 0.238 e. The first-order chi connectivity index (χ1) is 26.5. The Hall–Kier alpha value is -6.63. The minimum Gasteiger partial charge on any atom is -0.456 e. The summed E-state index contributed by atoms with van der Waals surface area (Å²) in [5, 5.41) is 6.95. The summed E-state index contributed by atoms with van der Waals surface area (Å²) in [4.78, 5) is 16.0. The molecule has 1 aliphatic rings. The van der Waals surface area contributed by atoms with E-state index in [0.29, 0.717) is 17.6 Å². The molecule has 0 N–H and O–H groups in total. The number of nitrogens with zero attached hydrogens (tertiary/aromatic N) is 4. The van der Waals surface area contributed by atoms with Crippen molar-refractivity contribution in [1.82, 2.24) is 19.5 Å². The van der Waals surface area contributed by atoms with E-state index in [0.717, 1.165) is 48.8 Å². The molecule has 4 aromatic heterocycles. The van der Waals surface area contributed by atoms with Gasteiger partial charge in [0.1, 0.15) is 11.2 Å². The Morgan fingerprint density at radius 3 is 2.15 bits per heavy atom. The van der Waals surface area contributed by atoms with Gasteiger partial charge in [-0.05, 0) is 70.8 Å². The predicted octanol–water partition coefficient (Wildman–Crippen LogP) is 12.9. The number of aromatic nitrogens is 4. The van der Waals surface area contributed by atoms with Crippen molar-refractivity contribution in [3.8, 4) is 39.9 Å². The molecule has 254 valence electrons. The Balaban J connectivity index is 1.17. The third-order valence-electron chi connectivity index (χ3n) is 11.5. The molecule has 0 atom stereocenters. The van der Waals surface area contributed by atoms with Crippen LogP contribution >= 0.6 is 11.3 Å². The lowest BCUT2D eigenvalue weighted by atomic mass is 9.82. The van der Waals surface area contributed by atoms with Crippen molar-refractivity contribution in [1.29, 1.82) is 0 Å². The van der Waals surface area contributed by atoms with Crippen LogP contribution in [0.25, 0.3) is 104 Å². The van der Waals surface area contributed by atoms with Crippen LogP contribution in [0.3, 0.4) is 0 Å². The molecular formula is C48H30N4OS. The number of hydrogen-bond donors (Lipinski definition) is 0. The van der Waals surface area contributed by atoms with Crippen molar-refractivity contribution in [2.45, 2.75) is 19.3 Å². The van der Waals surface area contributed by atoms with Gasteiger partial charge in [-0.1, -0.05) is 111 Å². The van der Waals surface area contributed by atoms with Crippen molar-refractivity contribution in [3.63, 3.8) is 0 Å². The van der Waals surface area contributed by atoms with Crippen molar-refractivity contribution in [2.75, 3.05) is 0 Å². The summed E-state index contributed by atoms with van der Waals surface area (Å²) in [6, 6.07) is 51.7. The zero-order valence-electron chi connectivity index (χ0n) is 29.5. The van der Waals surface area contributed by atoms with Crippen LogP contribution in [0.4, 0.5) is 0 Å². The second-order valence-electron chi connectivity index (χ2n) is 14.8. The fraction of sp³-hybridized carbons (Fsp3) is 0.0625. The molecule has 5 nitrogen and oxygen atoms in total. The Labute approximate surface area is 313 Å². The number of fused-ring (bicyclic) bond motifs is 12. The van der Waals surface area contributed by atoms with E-state index in [9.17, 15) is 0 Å². The average Bonchev–Trinajstić information content (AvgIpc) is 3.93. The van der Waals surface area contributed by atoms with E-state index >= 15 is 0 Å². The van der Waals surface area contributed by atoms with E-state index in [-0.39, 0.29) is 5.41 Å². The second kappa shape index (κ2) is 10.7. The molecular weight excluding hydrogens is 681 g/mol. The molecule has 0 aliphatic heterocycles. The third kappa shape index (κ3) is 4.06. The molecule has 6 heteroatoms. The number of benzene rings is 7. The highest BCUT2D eigenvalue weighted by Crippen LogP contribution is 2.51. The third-order valence-corrected chi connectivity index (χ3v) is 12.7. The van der Waals surface area contributed by atoms with Crippen molar-refractivity contribution < 1.29 is 4.42 Å². The molecule has 4 heterocycles. The van der Waals surface area contributed by atoms with E-state index in [1.807, 2.05) is 18.2 Å². The van der Waals surface area contributed by atoms with Gasteiger partial charge in [0, 0.05) is 58.3 Å². The maximum absolute atomic E-state index is 6.35. The molecule has 0 unspecified atom stereocenters. The summed E-state index contributed by atoms with van der Waals surface area (Å²) in [6.07, 6.45) is 0. The zero-order valence-corrected chi connectivity index (χ0v) is 30.3. The van der Waals surface area contributed by atoms with Crippen LogP contribution in [0.2, 0.25) is 0 Å². The molecule has 0 amide bonds. The highest BCUT2D eigenvalue weighted by atomic mass is 32.1. The molecule has 0 saturated heterocycles. The maximum Gasteiger partial charge on any atom is 0.238 e. The van der Waals surface area contributed by atoms with E-state index in [1.54, 1.807) is 11.3 Å². The van der Waals surface area contributed by atoms with E-state index in [2.05, 4.69) is 146 Å². The molecule has 7 aromatic carbocycles. The van der Waals surface area contributed by atoms with Gasteiger partial charge in [-0.2, -0.15) is 9.97 Å². The molecule has 54 heavy (non-hydrogen) atoms. The van der Waals surface area contributed by atoms with E-state index in [4.69, 9.17) is 19.4 Å². The van der Waals surface area contributed by atoms with Crippen molar-refractivity contribution >= 4 is 75.3 Å². The van der Waals surface area contributed by atoms with Gasteiger partial charge in [-0.3, -0.25) is 4.57 Å². The largest absolute Gasteiger partial charge is 0.456 e.